The Hall–Kier alpha value is -1.43. The number of hydrogen-bond acceptors (Lipinski definition) is 3. The minimum atomic E-state index is -2.93. The number of pyridine rings is 1. The molecule has 0 radical (unpaired) electrons. The highest BCUT2D eigenvalue weighted by molar-refractivity contribution is 6.17. The van der Waals surface area contributed by atoms with E-state index in [9.17, 15) is 18.7 Å². The maximum atomic E-state index is 12.4. The molecule has 1 rings (SSSR count). The zero-order valence-electron chi connectivity index (χ0n) is 7.95. The fraction of sp³-hybridized carbons (Fsp3) is 0.333. The Kier molecular flexibility index (Phi) is 4.00. The first-order chi connectivity index (χ1) is 7.45. The minimum Gasteiger partial charge on any atom is -0.506 e. The zero-order chi connectivity index (χ0) is 12.3. The van der Waals surface area contributed by atoms with Gasteiger partial charge in [-0.05, 0) is 11.6 Å². The molecular formula is C9H8ClF2NO3. The number of aromatic hydroxyl groups is 1. The van der Waals surface area contributed by atoms with Crippen LogP contribution < -0.4 is 0 Å². The standard InChI is InChI=1S/C9H8ClF2NO3/c10-3-5-4(2-7(15)16)1-6(14)8(13-5)9(11)12/h1,9,14H,2-3H2,(H,15,16). The van der Waals surface area contributed by atoms with Gasteiger partial charge in [-0.25, -0.2) is 13.8 Å². The molecule has 1 aromatic rings. The van der Waals surface area contributed by atoms with Crippen LogP contribution in [0.25, 0.3) is 0 Å². The third-order valence-electron chi connectivity index (χ3n) is 1.87. The normalized spacial score (nSPS) is 10.8. The molecule has 0 fully saturated rings. The molecule has 0 aromatic carbocycles. The van der Waals surface area contributed by atoms with E-state index in [1.165, 1.54) is 0 Å². The summed E-state index contributed by atoms with van der Waals surface area (Å²) in [7, 11) is 0. The van der Waals surface area contributed by atoms with Gasteiger partial charge in [-0.2, -0.15) is 0 Å². The van der Waals surface area contributed by atoms with Crippen LogP contribution in [0.3, 0.4) is 0 Å². The molecule has 88 valence electrons. The van der Waals surface area contributed by atoms with E-state index in [1.54, 1.807) is 0 Å². The van der Waals surface area contributed by atoms with E-state index in [0.29, 0.717) is 0 Å². The monoisotopic (exact) mass is 251 g/mol. The van der Waals surface area contributed by atoms with Gasteiger partial charge in [0.15, 0.2) is 0 Å². The van der Waals surface area contributed by atoms with E-state index < -0.39 is 30.3 Å². The molecule has 1 aromatic heterocycles. The number of halogens is 3. The van der Waals surface area contributed by atoms with Crippen molar-refractivity contribution in [3.63, 3.8) is 0 Å². The van der Waals surface area contributed by atoms with Crippen LogP contribution in [0.5, 0.6) is 5.75 Å². The molecule has 2 N–H and O–H groups in total. The molecule has 0 saturated carbocycles. The lowest BCUT2D eigenvalue weighted by Gasteiger charge is -2.09. The van der Waals surface area contributed by atoms with Crippen molar-refractivity contribution < 1.29 is 23.8 Å². The Morgan fingerprint density at radius 2 is 2.19 bits per heavy atom. The molecule has 0 saturated heterocycles. The summed E-state index contributed by atoms with van der Waals surface area (Å²) < 4.78 is 24.7. The smallest absolute Gasteiger partial charge is 0.307 e. The second kappa shape index (κ2) is 5.07. The van der Waals surface area contributed by atoms with Crippen LogP contribution in [0.1, 0.15) is 23.4 Å². The van der Waals surface area contributed by atoms with E-state index >= 15 is 0 Å². The van der Waals surface area contributed by atoms with Crippen LogP contribution in [-0.2, 0) is 17.1 Å². The average Bonchev–Trinajstić information content (AvgIpc) is 2.16. The average molecular weight is 252 g/mol. The highest BCUT2D eigenvalue weighted by atomic mass is 35.5. The van der Waals surface area contributed by atoms with Crippen LogP contribution in [0.2, 0.25) is 0 Å². The Morgan fingerprint density at radius 3 is 2.62 bits per heavy atom. The van der Waals surface area contributed by atoms with Crippen LogP contribution in [0, 0.1) is 0 Å². The molecule has 0 bridgehead atoms. The molecule has 0 spiro atoms. The highest BCUT2D eigenvalue weighted by Crippen LogP contribution is 2.28. The first-order valence-electron chi connectivity index (χ1n) is 4.23. The lowest BCUT2D eigenvalue weighted by atomic mass is 10.1. The molecule has 0 amide bonds. The van der Waals surface area contributed by atoms with Gasteiger partial charge in [0.05, 0.1) is 18.0 Å². The zero-order valence-corrected chi connectivity index (χ0v) is 8.71. The van der Waals surface area contributed by atoms with Crippen molar-refractivity contribution in [3.8, 4) is 5.75 Å². The molecule has 0 aliphatic heterocycles. The third kappa shape index (κ3) is 2.79. The Labute approximate surface area is 94.5 Å². The quantitative estimate of drug-likeness (QED) is 0.804. The lowest BCUT2D eigenvalue weighted by molar-refractivity contribution is -0.136. The molecule has 0 atom stereocenters. The summed E-state index contributed by atoms with van der Waals surface area (Å²) in [5, 5.41) is 17.8. The van der Waals surface area contributed by atoms with Gasteiger partial charge in [0.1, 0.15) is 11.4 Å². The first-order valence-corrected chi connectivity index (χ1v) is 4.76. The minimum absolute atomic E-state index is 0.0390. The van der Waals surface area contributed by atoms with Crippen LogP contribution in [-0.4, -0.2) is 21.2 Å². The van der Waals surface area contributed by atoms with Gasteiger partial charge < -0.3 is 10.2 Å². The van der Waals surface area contributed by atoms with Gasteiger partial charge in [0.2, 0.25) is 0 Å². The first kappa shape index (κ1) is 12.6. The van der Waals surface area contributed by atoms with Gasteiger partial charge in [0.25, 0.3) is 6.43 Å². The molecule has 7 heteroatoms. The fourth-order valence-corrected chi connectivity index (χ4v) is 1.42. The number of aromatic nitrogens is 1. The van der Waals surface area contributed by atoms with Crippen molar-refractivity contribution in [2.24, 2.45) is 0 Å². The summed E-state index contributed by atoms with van der Waals surface area (Å²) >= 11 is 5.46. The summed E-state index contributed by atoms with van der Waals surface area (Å²) in [6.45, 7) is 0. The van der Waals surface area contributed by atoms with Crippen molar-refractivity contribution in [3.05, 3.63) is 23.0 Å². The van der Waals surface area contributed by atoms with E-state index in [2.05, 4.69) is 4.98 Å². The number of carbonyl (C=O) groups is 1. The highest BCUT2D eigenvalue weighted by Gasteiger charge is 2.19. The van der Waals surface area contributed by atoms with Crippen molar-refractivity contribution >= 4 is 17.6 Å². The summed E-state index contributed by atoms with van der Waals surface area (Å²) in [6.07, 6.45) is -3.35. The van der Waals surface area contributed by atoms with Crippen LogP contribution in [0.4, 0.5) is 8.78 Å². The number of nitrogens with zero attached hydrogens (tertiary/aromatic N) is 1. The van der Waals surface area contributed by atoms with E-state index in [0.717, 1.165) is 6.07 Å². The van der Waals surface area contributed by atoms with Gasteiger partial charge in [0, 0.05) is 0 Å². The maximum Gasteiger partial charge on any atom is 0.307 e. The summed E-state index contributed by atoms with van der Waals surface area (Å²) in [4.78, 5) is 13.9. The van der Waals surface area contributed by atoms with Crippen LogP contribution in [0.15, 0.2) is 6.07 Å². The van der Waals surface area contributed by atoms with E-state index in [4.69, 9.17) is 16.7 Å². The fourth-order valence-electron chi connectivity index (χ4n) is 1.19. The van der Waals surface area contributed by atoms with Gasteiger partial charge in [-0.15, -0.1) is 11.6 Å². The summed E-state index contributed by atoms with van der Waals surface area (Å²) in [6, 6.07) is 0.959. The number of rotatable bonds is 4. The number of hydrogen-bond donors (Lipinski definition) is 2. The molecule has 1 heterocycles. The Bertz CT molecular complexity index is 412. The van der Waals surface area contributed by atoms with Crippen molar-refractivity contribution in [1.29, 1.82) is 0 Å². The SMILES string of the molecule is O=C(O)Cc1cc(O)c(C(F)F)nc1CCl. The van der Waals surface area contributed by atoms with Crippen molar-refractivity contribution in [2.45, 2.75) is 18.7 Å². The second-order valence-electron chi connectivity index (χ2n) is 3.00. The molecule has 0 unspecified atom stereocenters. The predicted octanol–water partition coefficient (Wildman–Crippen LogP) is 2.09. The summed E-state index contributed by atoms with van der Waals surface area (Å²) in [5.41, 5.74) is -0.619. The largest absolute Gasteiger partial charge is 0.506 e. The van der Waals surface area contributed by atoms with E-state index in [-0.39, 0.29) is 17.1 Å². The topological polar surface area (TPSA) is 70.4 Å². The number of carboxylic acid groups (broad SMARTS) is 1. The Morgan fingerprint density at radius 1 is 1.56 bits per heavy atom. The van der Waals surface area contributed by atoms with Gasteiger partial charge >= 0.3 is 5.97 Å². The van der Waals surface area contributed by atoms with Crippen LogP contribution >= 0.6 is 11.6 Å². The van der Waals surface area contributed by atoms with Crippen molar-refractivity contribution in [1.82, 2.24) is 4.98 Å². The molecule has 0 aliphatic rings. The van der Waals surface area contributed by atoms with Gasteiger partial charge in [-0.3, -0.25) is 4.79 Å². The van der Waals surface area contributed by atoms with Gasteiger partial charge in [-0.1, -0.05) is 0 Å². The molecule has 0 aliphatic carbocycles. The predicted molar refractivity (Wildman–Crippen MR) is 51.8 cm³/mol. The second-order valence-corrected chi connectivity index (χ2v) is 3.27. The van der Waals surface area contributed by atoms with Crippen molar-refractivity contribution in [2.75, 3.05) is 0 Å². The third-order valence-corrected chi connectivity index (χ3v) is 2.13. The number of carboxylic acids is 1. The van der Waals surface area contributed by atoms with E-state index in [1.807, 2.05) is 0 Å². The number of aliphatic carboxylic acids is 1. The summed E-state index contributed by atoms with van der Waals surface area (Å²) in [5.74, 6) is -2.07. The molecular weight excluding hydrogens is 244 g/mol. The number of alkyl halides is 3. The molecule has 16 heavy (non-hydrogen) atoms. The lowest BCUT2D eigenvalue weighted by Crippen LogP contribution is -2.06. The maximum absolute atomic E-state index is 12.4. The molecule has 4 nitrogen and oxygen atoms in total. The Balaban J connectivity index is 3.20.